The predicted octanol–water partition coefficient (Wildman–Crippen LogP) is 3.94. The maximum atomic E-state index is 5.85. The summed E-state index contributed by atoms with van der Waals surface area (Å²) in [6.45, 7) is 0. The molecule has 2 aromatic rings. The molecule has 1 heterocycles. The molecule has 0 atom stereocenters. The molecule has 0 N–H and O–H groups in total. The molecule has 0 radical (unpaired) electrons. The van der Waals surface area contributed by atoms with Gasteiger partial charge in [-0.1, -0.05) is 0 Å². The zero-order chi connectivity index (χ0) is 10.1. The van der Waals surface area contributed by atoms with E-state index in [4.69, 9.17) is 16.3 Å². The number of thiol groups is 1. The summed E-state index contributed by atoms with van der Waals surface area (Å²) in [5.74, 6) is 1.37. The van der Waals surface area contributed by atoms with Crippen LogP contribution in [0, 0.1) is 0 Å². The van der Waals surface area contributed by atoms with Crippen molar-refractivity contribution in [2.75, 3.05) is 7.11 Å². The van der Waals surface area contributed by atoms with Gasteiger partial charge < -0.3 is 4.74 Å². The Bertz CT molecular complexity index is 464. The third kappa shape index (κ3) is 1.60. The summed E-state index contributed by atoms with van der Waals surface area (Å²) in [6, 6.07) is 3.94. The highest BCUT2D eigenvalue weighted by Gasteiger charge is 2.09. The lowest BCUT2D eigenvalue weighted by atomic mass is 10.2. The quantitative estimate of drug-likeness (QED) is 0.622. The summed E-state index contributed by atoms with van der Waals surface area (Å²) in [6.07, 6.45) is 0. The molecule has 0 bridgehead atoms. The number of rotatable bonds is 2. The van der Waals surface area contributed by atoms with Crippen molar-refractivity contribution < 1.29 is 4.74 Å². The van der Waals surface area contributed by atoms with Gasteiger partial charge in [-0.05, 0) is 23.1 Å². The lowest BCUT2D eigenvalue weighted by Gasteiger charge is -2.04. The predicted molar refractivity (Wildman–Crippen MR) is 65.2 cm³/mol. The molecular formula is C10H9ClOS2. The molecule has 0 amide bonds. The minimum absolute atomic E-state index is 0.516. The minimum atomic E-state index is 0.516. The summed E-state index contributed by atoms with van der Waals surface area (Å²) < 4.78 is 6.48. The van der Waals surface area contributed by atoms with E-state index in [1.807, 2.05) is 12.1 Å². The summed E-state index contributed by atoms with van der Waals surface area (Å²) in [5, 5.41) is 3.18. The first-order valence-electron chi connectivity index (χ1n) is 4.09. The Labute approximate surface area is 97.1 Å². The maximum absolute atomic E-state index is 5.85. The summed E-state index contributed by atoms with van der Waals surface area (Å²) in [5.41, 5.74) is 1.12. The Morgan fingerprint density at radius 3 is 2.93 bits per heavy atom. The Hall–Kier alpha value is -0.380. The third-order valence-electron chi connectivity index (χ3n) is 2.06. The van der Waals surface area contributed by atoms with E-state index in [1.54, 1.807) is 18.4 Å². The summed E-state index contributed by atoms with van der Waals surface area (Å²) in [4.78, 5) is 0.914. The van der Waals surface area contributed by atoms with Crippen LogP contribution in [0.5, 0.6) is 5.75 Å². The molecule has 0 fully saturated rings. The number of fused-ring (bicyclic) bond motifs is 1. The van der Waals surface area contributed by atoms with Crippen LogP contribution < -0.4 is 4.74 Å². The normalized spacial score (nSPS) is 10.8. The molecule has 2 rings (SSSR count). The van der Waals surface area contributed by atoms with Crippen molar-refractivity contribution >= 4 is 45.7 Å². The molecule has 4 heteroatoms. The van der Waals surface area contributed by atoms with E-state index in [-0.39, 0.29) is 0 Å². The van der Waals surface area contributed by atoms with Crippen LogP contribution >= 0.6 is 35.6 Å². The lowest BCUT2D eigenvalue weighted by molar-refractivity contribution is 0.419. The van der Waals surface area contributed by atoms with E-state index in [0.29, 0.717) is 5.88 Å². The van der Waals surface area contributed by atoms with Gasteiger partial charge in [-0.2, -0.15) is 0 Å². The van der Waals surface area contributed by atoms with Gasteiger partial charge in [0.05, 0.1) is 7.11 Å². The van der Waals surface area contributed by atoms with E-state index in [9.17, 15) is 0 Å². The van der Waals surface area contributed by atoms with Crippen LogP contribution in [0.25, 0.3) is 10.1 Å². The van der Waals surface area contributed by atoms with Crippen molar-refractivity contribution in [2.24, 2.45) is 0 Å². The molecule has 0 saturated heterocycles. The molecule has 14 heavy (non-hydrogen) atoms. The standard InChI is InChI=1S/C10H9ClOS2/c1-12-8-2-7(13)3-9-10(8)6(4-11)5-14-9/h2-3,5,13H,4H2,1H3. The van der Waals surface area contributed by atoms with Crippen LogP contribution in [0.2, 0.25) is 0 Å². The zero-order valence-electron chi connectivity index (χ0n) is 7.58. The highest BCUT2D eigenvalue weighted by Crippen LogP contribution is 2.36. The molecule has 0 aliphatic rings. The number of benzene rings is 1. The van der Waals surface area contributed by atoms with Crippen molar-refractivity contribution in [2.45, 2.75) is 10.8 Å². The molecule has 1 nitrogen and oxygen atoms in total. The fraction of sp³-hybridized carbons (Fsp3) is 0.200. The molecule has 0 spiro atoms. The monoisotopic (exact) mass is 244 g/mol. The summed E-state index contributed by atoms with van der Waals surface area (Å²) >= 11 is 11.8. The van der Waals surface area contributed by atoms with Gasteiger partial charge in [0, 0.05) is 20.9 Å². The van der Waals surface area contributed by atoms with Gasteiger partial charge in [0.2, 0.25) is 0 Å². The minimum Gasteiger partial charge on any atom is -0.496 e. The molecule has 0 saturated carbocycles. The van der Waals surface area contributed by atoms with E-state index in [0.717, 1.165) is 21.6 Å². The van der Waals surface area contributed by atoms with Crippen molar-refractivity contribution in [3.63, 3.8) is 0 Å². The van der Waals surface area contributed by atoms with Gasteiger partial charge in [0.1, 0.15) is 5.75 Å². The highest BCUT2D eigenvalue weighted by molar-refractivity contribution is 7.80. The number of hydrogen-bond acceptors (Lipinski definition) is 3. The Balaban J connectivity index is 2.78. The Kier molecular flexibility index (Phi) is 2.91. The van der Waals surface area contributed by atoms with Crippen LogP contribution in [0.15, 0.2) is 22.4 Å². The van der Waals surface area contributed by atoms with Gasteiger partial charge in [0.15, 0.2) is 0 Å². The smallest absolute Gasteiger partial charge is 0.128 e. The van der Waals surface area contributed by atoms with Gasteiger partial charge >= 0.3 is 0 Å². The van der Waals surface area contributed by atoms with Crippen LogP contribution in [0.4, 0.5) is 0 Å². The van der Waals surface area contributed by atoms with Gasteiger partial charge in [-0.25, -0.2) is 0 Å². The average Bonchev–Trinajstić information content (AvgIpc) is 2.59. The molecule has 74 valence electrons. The van der Waals surface area contributed by atoms with Crippen molar-refractivity contribution in [3.05, 3.63) is 23.1 Å². The second kappa shape index (κ2) is 4.01. The topological polar surface area (TPSA) is 9.23 Å². The fourth-order valence-electron chi connectivity index (χ4n) is 1.44. The third-order valence-corrected chi connectivity index (χ3v) is 3.59. The SMILES string of the molecule is COc1cc(S)cc2scc(CCl)c12. The first-order chi connectivity index (χ1) is 6.76. The van der Waals surface area contributed by atoms with Crippen molar-refractivity contribution in [1.82, 2.24) is 0 Å². The first-order valence-corrected chi connectivity index (χ1v) is 5.95. The van der Waals surface area contributed by atoms with E-state index in [2.05, 4.69) is 18.0 Å². The number of halogens is 1. The van der Waals surface area contributed by atoms with Crippen LogP contribution in [0.1, 0.15) is 5.56 Å². The molecule has 0 aliphatic heterocycles. The van der Waals surface area contributed by atoms with Gasteiger partial charge in [-0.15, -0.1) is 35.6 Å². The second-order valence-corrected chi connectivity index (χ2v) is 4.61. The van der Waals surface area contributed by atoms with Crippen LogP contribution in [-0.2, 0) is 5.88 Å². The van der Waals surface area contributed by atoms with Gasteiger partial charge in [-0.3, -0.25) is 0 Å². The number of thiophene rings is 1. The zero-order valence-corrected chi connectivity index (χ0v) is 10.0. The molecule has 1 aromatic carbocycles. The number of hydrogen-bond donors (Lipinski definition) is 1. The Morgan fingerprint density at radius 1 is 1.50 bits per heavy atom. The van der Waals surface area contributed by atoms with E-state index >= 15 is 0 Å². The fourth-order valence-corrected chi connectivity index (χ4v) is 3.09. The second-order valence-electron chi connectivity index (χ2n) is 2.92. The lowest BCUT2D eigenvalue weighted by Crippen LogP contribution is -1.85. The van der Waals surface area contributed by atoms with E-state index in [1.165, 1.54) is 4.70 Å². The number of ether oxygens (including phenoxy) is 1. The summed E-state index contributed by atoms with van der Waals surface area (Å²) in [7, 11) is 1.66. The van der Waals surface area contributed by atoms with Crippen molar-refractivity contribution in [1.29, 1.82) is 0 Å². The highest BCUT2D eigenvalue weighted by atomic mass is 35.5. The largest absolute Gasteiger partial charge is 0.496 e. The van der Waals surface area contributed by atoms with Crippen molar-refractivity contribution in [3.8, 4) is 5.75 Å². The van der Waals surface area contributed by atoms with E-state index < -0.39 is 0 Å². The van der Waals surface area contributed by atoms with Crippen LogP contribution in [-0.4, -0.2) is 7.11 Å². The molecular weight excluding hydrogens is 236 g/mol. The average molecular weight is 245 g/mol. The van der Waals surface area contributed by atoms with Crippen LogP contribution in [0.3, 0.4) is 0 Å². The van der Waals surface area contributed by atoms with Gasteiger partial charge in [0.25, 0.3) is 0 Å². The first kappa shape index (κ1) is 10.1. The molecule has 0 unspecified atom stereocenters. The maximum Gasteiger partial charge on any atom is 0.128 e. The number of alkyl halides is 1. The molecule has 0 aliphatic carbocycles. The molecule has 1 aromatic heterocycles. The Morgan fingerprint density at radius 2 is 2.29 bits per heavy atom. The number of methoxy groups -OCH3 is 1.